The number of hydrogen-bond acceptors (Lipinski definition) is 4. The molecule has 1 heterocycles. The van der Waals surface area contributed by atoms with E-state index in [-0.39, 0.29) is 0 Å². The second-order valence-electron chi connectivity index (χ2n) is 4.46. The lowest BCUT2D eigenvalue weighted by molar-refractivity contribution is 0.323. The fourth-order valence-electron chi connectivity index (χ4n) is 2.02. The van der Waals surface area contributed by atoms with Crippen LogP contribution in [0.2, 0.25) is 0 Å². The van der Waals surface area contributed by atoms with Gasteiger partial charge in [-0.1, -0.05) is 15.9 Å². The van der Waals surface area contributed by atoms with Crippen LogP contribution in [0.5, 0.6) is 5.88 Å². The Hall–Kier alpha value is -0.840. The minimum Gasteiger partial charge on any atom is -0.477 e. The highest BCUT2D eigenvalue weighted by atomic mass is 79.9. The zero-order valence-electron chi connectivity index (χ0n) is 10.3. The van der Waals surface area contributed by atoms with Crippen molar-refractivity contribution in [2.24, 2.45) is 5.92 Å². The summed E-state index contributed by atoms with van der Waals surface area (Å²) in [6.07, 6.45) is 5.94. The van der Waals surface area contributed by atoms with E-state index in [1.54, 1.807) is 12.4 Å². The van der Waals surface area contributed by atoms with Gasteiger partial charge >= 0.3 is 0 Å². The predicted octanol–water partition coefficient (Wildman–Crippen LogP) is 2.49. The summed E-state index contributed by atoms with van der Waals surface area (Å²) in [4.78, 5) is 11.4. The Labute approximate surface area is 111 Å². The molecule has 0 unspecified atom stereocenters. The molecule has 1 aromatic rings. The molecule has 1 saturated carbocycles. The highest BCUT2D eigenvalue weighted by Crippen LogP contribution is 2.34. The van der Waals surface area contributed by atoms with Crippen LogP contribution in [0.15, 0.2) is 12.4 Å². The molecule has 0 atom stereocenters. The van der Waals surface area contributed by atoms with Gasteiger partial charge in [-0.2, -0.15) is 4.98 Å². The molecule has 1 aliphatic carbocycles. The first kappa shape index (κ1) is 12.6. The highest BCUT2D eigenvalue weighted by molar-refractivity contribution is 9.09. The molecule has 0 aromatic carbocycles. The third-order valence-corrected chi connectivity index (χ3v) is 3.74. The maximum atomic E-state index is 5.35. The van der Waals surface area contributed by atoms with E-state index in [4.69, 9.17) is 4.74 Å². The molecular formula is C12H18BrN3O. The zero-order chi connectivity index (χ0) is 12.3. The van der Waals surface area contributed by atoms with Gasteiger partial charge in [0, 0.05) is 18.4 Å². The Morgan fingerprint density at radius 1 is 1.47 bits per heavy atom. The molecule has 0 radical (unpaired) electrons. The molecule has 1 aromatic heterocycles. The van der Waals surface area contributed by atoms with Crippen molar-refractivity contribution < 1.29 is 4.74 Å². The van der Waals surface area contributed by atoms with Crippen molar-refractivity contribution in [1.29, 1.82) is 0 Å². The molecule has 1 fully saturated rings. The quantitative estimate of drug-likeness (QED) is 0.783. The largest absolute Gasteiger partial charge is 0.477 e. The van der Waals surface area contributed by atoms with Crippen LogP contribution in [0.25, 0.3) is 0 Å². The van der Waals surface area contributed by atoms with Gasteiger partial charge in [0.15, 0.2) is 5.82 Å². The molecule has 0 saturated heterocycles. The van der Waals surface area contributed by atoms with Gasteiger partial charge in [-0.05, 0) is 25.7 Å². The number of rotatable bonds is 5. The molecule has 0 bridgehead atoms. The Morgan fingerprint density at radius 2 is 2.24 bits per heavy atom. The summed E-state index contributed by atoms with van der Waals surface area (Å²) in [5.41, 5.74) is 0. The number of aromatic nitrogens is 2. The molecule has 0 spiro atoms. The fraction of sp³-hybridized carbons (Fsp3) is 0.667. The number of hydrogen-bond donors (Lipinski definition) is 0. The molecule has 0 amide bonds. The van der Waals surface area contributed by atoms with Crippen LogP contribution >= 0.6 is 15.9 Å². The van der Waals surface area contributed by atoms with E-state index in [0.717, 1.165) is 18.3 Å². The third-order valence-electron chi connectivity index (χ3n) is 2.99. The van der Waals surface area contributed by atoms with Gasteiger partial charge in [0.1, 0.15) is 0 Å². The van der Waals surface area contributed by atoms with Crippen LogP contribution in [0.4, 0.5) is 5.82 Å². The minimum atomic E-state index is 0.601. The number of ether oxygens (including phenoxy) is 1. The van der Waals surface area contributed by atoms with Crippen LogP contribution in [-0.2, 0) is 0 Å². The number of halogens is 1. The lowest BCUT2D eigenvalue weighted by Crippen LogP contribution is -2.35. The monoisotopic (exact) mass is 299 g/mol. The summed E-state index contributed by atoms with van der Waals surface area (Å²) in [7, 11) is 2.06. The first-order valence-electron chi connectivity index (χ1n) is 5.99. The van der Waals surface area contributed by atoms with Crippen LogP contribution in [0, 0.1) is 5.92 Å². The lowest BCUT2D eigenvalue weighted by atomic mass is 9.85. The van der Waals surface area contributed by atoms with E-state index in [9.17, 15) is 0 Å². The maximum Gasteiger partial charge on any atom is 0.234 e. The molecule has 5 heteroatoms. The van der Waals surface area contributed by atoms with Crippen molar-refractivity contribution in [3.63, 3.8) is 0 Å². The van der Waals surface area contributed by atoms with Crippen LogP contribution in [-0.4, -0.2) is 35.0 Å². The number of nitrogens with zero attached hydrogens (tertiary/aromatic N) is 3. The normalized spacial score (nSPS) is 23.0. The summed E-state index contributed by atoms with van der Waals surface area (Å²) in [5, 5.41) is 0. The fourth-order valence-corrected chi connectivity index (χ4v) is 3.08. The van der Waals surface area contributed by atoms with Crippen molar-refractivity contribution >= 4 is 21.7 Å². The van der Waals surface area contributed by atoms with Crippen molar-refractivity contribution in [1.82, 2.24) is 9.97 Å². The first-order chi connectivity index (χ1) is 8.19. The standard InChI is InChI=1S/C12H18BrN3O/c1-3-17-12-7-14-6-11(15-12)16(2)8-9-4-10(13)5-9/h6-7,9-10H,3-5,8H2,1-2H3. The first-order valence-corrected chi connectivity index (χ1v) is 6.90. The van der Waals surface area contributed by atoms with Gasteiger partial charge in [-0.15, -0.1) is 0 Å². The minimum absolute atomic E-state index is 0.601. The van der Waals surface area contributed by atoms with Crippen molar-refractivity contribution in [3.8, 4) is 5.88 Å². The molecule has 0 aliphatic heterocycles. The van der Waals surface area contributed by atoms with Crippen molar-refractivity contribution in [2.75, 3.05) is 25.1 Å². The molecule has 1 aliphatic rings. The Balaban J connectivity index is 1.93. The average Bonchev–Trinajstić information content (AvgIpc) is 2.28. The smallest absolute Gasteiger partial charge is 0.234 e. The average molecular weight is 300 g/mol. The second kappa shape index (κ2) is 5.67. The van der Waals surface area contributed by atoms with Crippen molar-refractivity contribution in [2.45, 2.75) is 24.6 Å². The van der Waals surface area contributed by atoms with Gasteiger partial charge in [0.05, 0.1) is 19.0 Å². The van der Waals surface area contributed by atoms with Crippen LogP contribution in [0.3, 0.4) is 0 Å². The van der Waals surface area contributed by atoms with Crippen molar-refractivity contribution in [3.05, 3.63) is 12.4 Å². The van der Waals surface area contributed by atoms with E-state index < -0.39 is 0 Å². The molecule has 4 nitrogen and oxygen atoms in total. The molecule has 94 valence electrons. The molecular weight excluding hydrogens is 282 g/mol. The summed E-state index contributed by atoms with van der Waals surface area (Å²) in [6, 6.07) is 0. The van der Waals surface area contributed by atoms with E-state index >= 15 is 0 Å². The van der Waals surface area contributed by atoms with Crippen LogP contribution < -0.4 is 9.64 Å². The summed E-state index contributed by atoms with van der Waals surface area (Å²) >= 11 is 3.61. The summed E-state index contributed by atoms with van der Waals surface area (Å²) < 4.78 is 5.35. The molecule has 0 N–H and O–H groups in total. The second-order valence-corrected chi connectivity index (χ2v) is 5.76. The van der Waals surface area contributed by atoms with E-state index in [2.05, 4.69) is 37.8 Å². The number of anilines is 1. The van der Waals surface area contributed by atoms with E-state index in [1.807, 2.05) is 6.92 Å². The summed E-state index contributed by atoms with van der Waals surface area (Å²) in [6.45, 7) is 3.60. The molecule has 17 heavy (non-hydrogen) atoms. The highest BCUT2D eigenvalue weighted by Gasteiger charge is 2.27. The summed E-state index contributed by atoms with van der Waals surface area (Å²) in [5.74, 6) is 2.25. The van der Waals surface area contributed by atoms with E-state index in [1.165, 1.54) is 12.8 Å². The van der Waals surface area contributed by atoms with Crippen LogP contribution in [0.1, 0.15) is 19.8 Å². The zero-order valence-corrected chi connectivity index (χ0v) is 11.9. The van der Waals surface area contributed by atoms with Gasteiger partial charge < -0.3 is 9.64 Å². The maximum absolute atomic E-state index is 5.35. The third kappa shape index (κ3) is 3.31. The van der Waals surface area contributed by atoms with E-state index in [0.29, 0.717) is 17.3 Å². The SMILES string of the molecule is CCOc1cncc(N(C)CC2CC(Br)C2)n1. The predicted molar refractivity (Wildman–Crippen MR) is 71.9 cm³/mol. The molecule has 2 rings (SSSR count). The van der Waals surface area contributed by atoms with Gasteiger partial charge in [-0.25, -0.2) is 0 Å². The Morgan fingerprint density at radius 3 is 2.88 bits per heavy atom. The Bertz CT molecular complexity index is 369. The number of alkyl halides is 1. The van der Waals surface area contributed by atoms with Gasteiger partial charge in [0.25, 0.3) is 0 Å². The Kier molecular flexibility index (Phi) is 4.20. The van der Waals surface area contributed by atoms with Gasteiger partial charge in [-0.3, -0.25) is 4.98 Å². The topological polar surface area (TPSA) is 38.2 Å². The lowest BCUT2D eigenvalue weighted by Gasteiger charge is -2.34. The van der Waals surface area contributed by atoms with Gasteiger partial charge in [0.2, 0.25) is 5.88 Å².